The molecule has 17 heavy (non-hydrogen) atoms. The molecule has 0 aliphatic heterocycles. The van der Waals surface area contributed by atoms with E-state index in [-0.39, 0.29) is 5.82 Å². The van der Waals surface area contributed by atoms with Crippen LogP contribution in [0.25, 0.3) is 0 Å². The Hall–Kier alpha value is -1.75. The van der Waals surface area contributed by atoms with E-state index in [2.05, 4.69) is 5.32 Å². The number of anilines is 2. The minimum atomic E-state index is -0.305. The molecule has 0 saturated heterocycles. The topological polar surface area (TPSA) is 47.3 Å². The number of rotatable bonds is 4. The summed E-state index contributed by atoms with van der Waals surface area (Å²) in [6.45, 7) is 0.508. The Morgan fingerprint density at radius 3 is 2.88 bits per heavy atom. The Bertz CT molecular complexity index is 513. The molecule has 1 aromatic carbocycles. The smallest absolute Gasteiger partial charge is 0.146 e. The maximum absolute atomic E-state index is 13.5. The van der Waals surface area contributed by atoms with Crippen molar-refractivity contribution in [2.75, 3.05) is 18.2 Å². The monoisotopic (exact) mass is 252 g/mol. The van der Waals surface area contributed by atoms with Crippen LogP contribution in [0.1, 0.15) is 4.88 Å². The third-order valence-electron chi connectivity index (χ3n) is 2.39. The van der Waals surface area contributed by atoms with Crippen molar-refractivity contribution in [2.24, 2.45) is 0 Å². The lowest BCUT2D eigenvalue weighted by Crippen LogP contribution is -2.02. The Morgan fingerprint density at radius 2 is 2.24 bits per heavy atom. The first-order chi connectivity index (χ1) is 8.20. The number of hydrogen-bond donors (Lipinski definition) is 2. The normalized spacial score (nSPS) is 10.2. The number of thiophene rings is 1. The van der Waals surface area contributed by atoms with E-state index in [0.717, 1.165) is 10.6 Å². The molecular weight excluding hydrogens is 239 g/mol. The summed E-state index contributed by atoms with van der Waals surface area (Å²) in [6, 6.07) is 6.42. The van der Waals surface area contributed by atoms with Gasteiger partial charge < -0.3 is 15.8 Å². The van der Waals surface area contributed by atoms with Gasteiger partial charge >= 0.3 is 0 Å². The van der Waals surface area contributed by atoms with Gasteiger partial charge in [0, 0.05) is 16.6 Å². The molecule has 0 radical (unpaired) electrons. The molecule has 1 heterocycles. The summed E-state index contributed by atoms with van der Waals surface area (Å²) in [7, 11) is 1.55. The number of benzene rings is 1. The van der Waals surface area contributed by atoms with Crippen LogP contribution in [0.4, 0.5) is 15.8 Å². The molecule has 2 aromatic rings. The number of ether oxygens (including phenoxy) is 1. The minimum Gasteiger partial charge on any atom is -0.497 e. The first-order valence-electron chi connectivity index (χ1n) is 5.10. The highest BCUT2D eigenvalue weighted by Crippen LogP contribution is 2.24. The van der Waals surface area contributed by atoms with Gasteiger partial charge in [0.05, 0.1) is 19.3 Å². The molecule has 5 heteroatoms. The van der Waals surface area contributed by atoms with Gasteiger partial charge in [-0.05, 0) is 23.6 Å². The zero-order valence-electron chi connectivity index (χ0n) is 9.37. The molecule has 0 aliphatic carbocycles. The lowest BCUT2D eigenvalue weighted by molar-refractivity contribution is 0.414. The lowest BCUT2D eigenvalue weighted by Gasteiger charge is -2.08. The molecule has 3 N–H and O–H groups in total. The second-order valence-electron chi connectivity index (χ2n) is 3.50. The first kappa shape index (κ1) is 11.7. The zero-order valence-corrected chi connectivity index (χ0v) is 10.2. The standard InChI is InChI=1S/C12H13FN2OS/c1-16-8-2-3-9(13)11(6-8)15-7-12-10(14)4-5-17-12/h2-6,15H,7,14H2,1H3. The van der Waals surface area contributed by atoms with Crippen LogP contribution >= 0.6 is 11.3 Å². The Labute approximate surface area is 103 Å². The van der Waals surface area contributed by atoms with Gasteiger partial charge in [0.2, 0.25) is 0 Å². The van der Waals surface area contributed by atoms with E-state index in [1.165, 1.54) is 6.07 Å². The molecule has 0 bridgehead atoms. The fraction of sp³-hybridized carbons (Fsp3) is 0.167. The Kier molecular flexibility index (Phi) is 3.49. The van der Waals surface area contributed by atoms with Gasteiger partial charge in [-0.2, -0.15) is 0 Å². The molecule has 0 atom stereocenters. The third kappa shape index (κ3) is 2.68. The molecule has 0 fully saturated rings. The number of nitrogens with one attached hydrogen (secondary N) is 1. The number of hydrogen-bond acceptors (Lipinski definition) is 4. The molecule has 0 amide bonds. The second-order valence-corrected chi connectivity index (χ2v) is 4.50. The van der Waals surface area contributed by atoms with E-state index < -0.39 is 0 Å². The molecule has 0 aliphatic rings. The Morgan fingerprint density at radius 1 is 1.41 bits per heavy atom. The summed E-state index contributed by atoms with van der Waals surface area (Å²) in [5.41, 5.74) is 6.89. The van der Waals surface area contributed by atoms with Crippen LogP contribution in [0.2, 0.25) is 0 Å². The van der Waals surface area contributed by atoms with Crippen molar-refractivity contribution in [3.63, 3.8) is 0 Å². The molecule has 2 rings (SSSR count). The summed E-state index contributed by atoms with van der Waals surface area (Å²) in [6.07, 6.45) is 0. The summed E-state index contributed by atoms with van der Waals surface area (Å²) in [5, 5.41) is 4.92. The molecular formula is C12H13FN2OS. The van der Waals surface area contributed by atoms with Gasteiger partial charge in [-0.15, -0.1) is 11.3 Å². The van der Waals surface area contributed by atoms with E-state index >= 15 is 0 Å². The number of nitrogens with two attached hydrogens (primary N) is 1. The van der Waals surface area contributed by atoms with Crippen molar-refractivity contribution in [2.45, 2.75) is 6.54 Å². The van der Waals surface area contributed by atoms with Gasteiger partial charge in [-0.1, -0.05) is 0 Å². The van der Waals surface area contributed by atoms with Crippen LogP contribution in [-0.4, -0.2) is 7.11 Å². The van der Waals surface area contributed by atoms with Crippen molar-refractivity contribution in [1.82, 2.24) is 0 Å². The molecule has 1 aromatic heterocycles. The summed E-state index contributed by atoms with van der Waals surface area (Å²) >= 11 is 1.54. The number of halogens is 1. The molecule has 0 unspecified atom stereocenters. The van der Waals surface area contributed by atoms with Crippen molar-refractivity contribution >= 4 is 22.7 Å². The molecule has 90 valence electrons. The van der Waals surface area contributed by atoms with Crippen LogP contribution in [0, 0.1) is 5.82 Å². The van der Waals surface area contributed by atoms with Crippen molar-refractivity contribution < 1.29 is 9.13 Å². The molecule has 3 nitrogen and oxygen atoms in total. The minimum absolute atomic E-state index is 0.305. The van der Waals surface area contributed by atoms with Crippen molar-refractivity contribution in [1.29, 1.82) is 0 Å². The summed E-state index contributed by atoms with van der Waals surface area (Å²) in [4.78, 5) is 0.993. The van der Waals surface area contributed by atoms with Crippen LogP contribution in [0.5, 0.6) is 5.75 Å². The van der Waals surface area contributed by atoms with E-state index in [1.54, 1.807) is 30.6 Å². The van der Waals surface area contributed by atoms with Gasteiger partial charge in [-0.3, -0.25) is 0 Å². The SMILES string of the molecule is COc1ccc(F)c(NCc2sccc2N)c1. The average Bonchev–Trinajstić information content (AvgIpc) is 2.74. The highest BCUT2D eigenvalue weighted by molar-refractivity contribution is 7.10. The maximum atomic E-state index is 13.5. The largest absolute Gasteiger partial charge is 0.497 e. The predicted molar refractivity (Wildman–Crippen MR) is 69.0 cm³/mol. The zero-order chi connectivity index (χ0) is 12.3. The number of methoxy groups -OCH3 is 1. The van der Waals surface area contributed by atoms with E-state index in [9.17, 15) is 4.39 Å². The highest BCUT2D eigenvalue weighted by atomic mass is 32.1. The highest BCUT2D eigenvalue weighted by Gasteiger charge is 2.05. The molecule has 0 spiro atoms. The predicted octanol–water partition coefficient (Wildman–Crippen LogP) is 3.09. The van der Waals surface area contributed by atoms with E-state index in [1.807, 2.05) is 11.4 Å². The van der Waals surface area contributed by atoms with Crippen LogP contribution in [0.3, 0.4) is 0 Å². The summed E-state index contributed by atoms with van der Waals surface area (Å²) in [5.74, 6) is 0.314. The summed E-state index contributed by atoms with van der Waals surface area (Å²) < 4.78 is 18.5. The van der Waals surface area contributed by atoms with Crippen molar-refractivity contribution in [3.05, 3.63) is 40.3 Å². The quantitative estimate of drug-likeness (QED) is 0.879. The van der Waals surface area contributed by atoms with Gasteiger partial charge in [-0.25, -0.2) is 4.39 Å². The van der Waals surface area contributed by atoms with Gasteiger partial charge in [0.25, 0.3) is 0 Å². The van der Waals surface area contributed by atoms with E-state index in [4.69, 9.17) is 10.5 Å². The van der Waals surface area contributed by atoms with Gasteiger partial charge in [0.15, 0.2) is 0 Å². The fourth-order valence-corrected chi connectivity index (χ4v) is 2.18. The average molecular weight is 252 g/mol. The van der Waals surface area contributed by atoms with E-state index in [0.29, 0.717) is 18.0 Å². The van der Waals surface area contributed by atoms with Crippen molar-refractivity contribution in [3.8, 4) is 5.75 Å². The first-order valence-corrected chi connectivity index (χ1v) is 5.98. The molecule has 0 saturated carbocycles. The van der Waals surface area contributed by atoms with Gasteiger partial charge in [0.1, 0.15) is 11.6 Å². The lowest BCUT2D eigenvalue weighted by atomic mass is 10.2. The number of nitrogen functional groups attached to an aromatic ring is 1. The third-order valence-corrected chi connectivity index (χ3v) is 3.33. The fourth-order valence-electron chi connectivity index (χ4n) is 1.44. The van der Waals surface area contributed by atoms with Crippen LogP contribution < -0.4 is 15.8 Å². The Balaban J connectivity index is 2.11. The van der Waals surface area contributed by atoms with Crippen LogP contribution in [0.15, 0.2) is 29.6 Å². The second kappa shape index (κ2) is 5.05. The maximum Gasteiger partial charge on any atom is 0.146 e. The van der Waals surface area contributed by atoms with Crippen LogP contribution in [-0.2, 0) is 6.54 Å².